The topological polar surface area (TPSA) is 86.0 Å². The Morgan fingerprint density at radius 2 is 2.07 bits per heavy atom. The molecule has 1 aliphatic rings. The average molecular weight is 449 g/mol. The van der Waals surface area contributed by atoms with E-state index < -0.39 is 0 Å². The van der Waals surface area contributed by atoms with Crippen LogP contribution in [0.2, 0.25) is 9.36 Å². The van der Waals surface area contributed by atoms with Gasteiger partial charge in [-0.25, -0.2) is 4.79 Å². The highest BCUT2D eigenvalue weighted by Gasteiger charge is 2.34. The van der Waals surface area contributed by atoms with Crippen molar-refractivity contribution in [3.63, 3.8) is 0 Å². The summed E-state index contributed by atoms with van der Waals surface area (Å²) in [7, 11) is 0. The predicted molar refractivity (Wildman–Crippen MR) is 117 cm³/mol. The smallest absolute Gasteiger partial charge is 0.315 e. The van der Waals surface area contributed by atoms with Crippen LogP contribution in [0.4, 0.5) is 4.79 Å². The van der Waals surface area contributed by atoms with E-state index in [-0.39, 0.29) is 24.0 Å². The molecule has 1 aliphatic carbocycles. The molecule has 0 unspecified atom stereocenters. The molecule has 0 saturated heterocycles. The molecule has 2 atom stereocenters. The van der Waals surface area contributed by atoms with Crippen LogP contribution in [0.5, 0.6) is 0 Å². The van der Waals surface area contributed by atoms with Crippen molar-refractivity contribution in [1.29, 1.82) is 0 Å². The highest BCUT2D eigenvalue weighted by atomic mass is 35.5. The molecule has 0 spiro atoms. The fraction of sp³-hybridized carbons (Fsp3) is 0.200. The van der Waals surface area contributed by atoms with Crippen molar-refractivity contribution in [2.45, 2.75) is 18.5 Å². The molecule has 9 heteroatoms. The molecule has 0 fully saturated rings. The van der Waals surface area contributed by atoms with Gasteiger partial charge in [0.05, 0.1) is 27.3 Å². The van der Waals surface area contributed by atoms with Gasteiger partial charge in [-0.05, 0) is 23.6 Å². The van der Waals surface area contributed by atoms with E-state index in [0.29, 0.717) is 33.5 Å². The first-order valence-corrected chi connectivity index (χ1v) is 10.6. The molecule has 1 aromatic carbocycles. The number of halogens is 2. The minimum Gasteiger partial charge on any atom is -0.349 e. The zero-order valence-electron chi connectivity index (χ0n) is 15.2. The van der Waals surface area contributed by atoms with Crippen LogP contribution in [-0.4, -0.2) is 29.5 Å². The fourth-order valence-electron chi connectivity index (χ4n) is 3.55. The van der Waals surface area contributed by atoms with Crippen molar-refractivity contribution in [1.82, 2.24) is 20.9 Å². The number of rotatable bonds is 5. The highest BCUT2D eigenvalue weighted by Crippen LogP contribution is 2.39. The molecule has 0 bridgehead atoms. The quantitative estimate of drug-likeness (QED) is 0.435. The van der Waals surface area contributed by atoms with Crippen molar-refractivity contribution < 1.29 is 9.59 Å². The minimum atomic E-state index is -0.339. The Morgan fingerprint density at radius 1 is 1.28 bits per heavy atom. The molecule has 29 heavy (non-hydrogen) atoms. The lowest BCUT2D eigenvalue weighted by molar-refractivity contribution is 0.0926. The normalized spacial score (nSPS) is 17.7. The molecule has 4 N–H and O–H groups in total. The number of carbonyl (C=O) groups is 2. The maximum absolute atomic E-state index is 12.9. The number of nitrogens with one attached hydrogen (secondary N) is 4. The Balaban J connectivity index is 1.54. The van der Waals surface area contributed by atoms with Gasteiger partial charge in [-0.3, -0.25) is 4.79 Å². The summed E-state index contributed by atoms with van der Waals surface area (Å²) in [6.45, 7) is 3.95. The number of amides is 3. The van der Waals surface area contributed by atoms with Crippen molar-refractivity contribution in [3.05, 3.63) is 69.2 Å². The van der Waals surface area contributed by atoms with Gasteiger partial charge in [0.1, 0.15) is 10.0 Å². The summed E-state index contributed by atoms with van der Waals surface area (Å²) in [4.78, 5) is 28.1. The van der Waals surface area contributed by atoms with Crippen LogP contribution >= 0.6 is 34.5 Å². The summed E-state index contributed by atoms with van der Waals surface area (Å²) < 4.78 is 1.30. The average Bonchev–Trinajstić information content (AvgIpc) is 3.34. The summed E-state index contributed by atoms with van der Waals surface area (Å²) in [6, 6.07) is 8.63. The van der Waals surface area contributed by atoms with Gasteiger partial charge in [0.2, 0.25) is 0 Å². The Labute approximate surface area is 181 Å². The van der Waals surface area contributed by atoms with Crippen LogP contribution < -0.4 is 16.0 Å². The second-order valence-corrected chi connectivity index (χ2v) is 8.75. The molecule has 4 rings (SSSR count). The lowest BCUT2D eigenvalue weighted by Crippen LogP contribution is -2.47. The number of thiophene rings is 1. The van der Waals surface area contributed by atoms with Crippen molar-refractivity contribution >= 4 is 56.7 Å². The largest absolute Gasteiger partial charge is 0.349 e. The summed E-state index contributed by atoms with van der Waals surface area (Å²) in [5, 5.41) is 9.11. The Hall–Kier alpha value is -2.48. The number of H-pyrrole nitrogens is 1. The number of aromatic amines is 1. The van der Waals surface area contributed by atoms with Gasteiger partial charge in [-0.15, -0.1) is 17.9 Å². The standard InChI is InChI=1S/C20H18Cl2N4O2S/c1-2-7-23-20(28)26-16-11-6-4-3-5-10(11)8-12(16)25-19(27)13-9-14-17(24-13)15(21)18(22)29-14/h2-6,9,12,16,24H,1,7-8H2,(H,25,27)(H2,23,26,28)/t12-,16-/m0/s1. The van der Waals surface area contributed by atoms with Gasteiger partial charge < -0.3 is 20.9 Å². The third kappa shape index (κ3) is 3.85. The van der Waals surface area contributed by atoms with Crippen LogP contribution in [-0.2, 0) is 6.42 Å². The fourth-order valence-corrected chi connectivity index (χ4v) is 5.03. The first kappa shape index (κ1) is 19.8. The van der Waals surface area contributed by atoms with Gasteiger partial charge in [0.15, 0.2) is 0 Å². The number of carbonyl (C=O) groups excluding carboxylic acids is 2. The van der Waals surface area contributed by atoms with Crippen LogP contribution in [0.25, 0.3) is 10.2 Å². The first-order chi connectivity index (χ1) is 14.0. The first-order valence-electron chi connectivity index (χ1n) is 8.98. The Kier molecular flexibility index (Phi) is 5.54. The van der Waals surface area contributed by atoms with Gasteiger partial charge in [-0.2, -0.15) is 0 Å². The summed E-state index contributed by atoms with van der Waals surface area (Å²) in [6.07, 6.45) is 2.23. The third-order valence-electron chi connectivity index (χ3n) is 4.86. The maximum Gasteiger partial charge on any atom is 0.315 e. The summed E-state index contributed by atoms with van der Waals surface area (Å²) >= 11 is 13.5. The number of hydrogen-bond donors (Lipinski definition) is 4. The van der Waals surface area contributed by atoms with E-state index in [9.17, 15) is 9.59 Å². The zero-order chi connectivity index (χ0) is 20.5. The lowest BCUT2D eigenvalue weighted by Gasteiger charge is -2.23. The van der Waals surface area contributed by atoms with Gasteiger partial charge >= 0.3 is 6.03 Å². The second-order valence-electron chi connectivity index (χ2n) is 6.72. The highest BCUT2D eigenvalue weighted by molar-refractivity contribution is 7.23. The van der Waals surface area contributed by atoms with Crippen molar-refractivity contribution in [2.24, 2.45) is 0 Å². The van der Waals surface area contributed by atoms with Crippen molar-refractivity contribution in [3.8, 4) is 0 Å². The zero-order valence-corrected chi connectivity index (χ0v) is 17.5. The number of fused-ring (bicyclic) bond motifs is 2. The molecule has 2 heterocycles. The molecular formula is C20H18Cl2N4O2S. The number of benzene rings is 1. The van der Waals surface area contributed by atoms with Crippen LogP contribution in [0.1, 0.15) is 27.7 Å². The SMILES string of the molecule is C=CCNC(=O)N[C@H]1c2ccccc2C[C@@H]1NC(=O)c1cc2sc(Cl)c(Cl)c2[nH]1. The van der Waals surface area contributed by atoms with E-state index >= 15 is 0 Å². The van der Waals surface area contributed by atoms with E-state index in [0.717, 1.165) is 15.8 Å². The molecule has 150 valence electrons. The number of hydrogen-bond acceptors (Lipinski definition) is 3. The van der Waals surface area contributed by atoms with Gasteiger partial charge in [0, 0.05) is 6.54 Å². The molecule has 3 aromatic rings. The monoisotopic (exact) mass is 448 g/mol. The second kappa shape index (κ2) is 8.10. The molecular weight excluding hydrogens is 431 g/mol. The van der Waals surface area contributed by atoms with Crippen molar-refractivity contribution in [2.75, 3.05) is 6.54 Å². The Bertz CT molecular complexity index is 1110. The van der Waals surface area contributed by atoms with Crippen LogP contribution in [0, 0.1) is 0 Å². The molecule has 2 aromatic heterocycles. The number of urea groups is 1. The maximum atomic E-state index is 12.9. The molecule has 0 radical (unpaired) electrons. The number of aromatic nitrogens is 1. The van der Waals surface area contributed by atoms with Crippen LogP contribution in [0.15, 0.2) is 43.0 Å². The van der Waals surface area contributed by atoms with E-state index in [1.165, 1.54) is 11.3 Å². The Morgan fingerprint density at radius 3 is 2.83 bits per heavy atom. The predicted octanol–water partition coefficient (Wildman–Crippen LogP) is 4.42. The van der Waals surface area contributed by atoms with Crippen LogP contribution in [0.3, 0.4) is 0 Å². The van der Waals surface area contributed by atoms with E-state index in [4.69, 9.17) is 23.2 Å². The summed E-state index contributed by atoms with van der Waals surface area (Å²) in [5.41, 5.74) is 3.14. The van der Waals surface area contributed by atoms with E-state index in [1.807, 2.05) is 24.3 Å². The van der Waals surface area contributed by atoms with Gasteiger partial charge in [0.25, 0.3) is 5.91 Å². The van der Waals surface area contributed by atoms with Gasteiger partial charge in [-0.1, -0.05) is 53.5 Å². The third-order valence-corrected chi connectivity index (χ3v) is 6.79. The molecule has 6 nitrogen and oxygen atoms in total. The van der Waals surface area contributed by atoms with E-state index in [2.05, 4.69) is 27.5 Å². The molecule has 0 aliphatic heterocycles. The van der Waals surface area contributed by atoms with E-state index in [1.54, 1.807) is 12.1 Å². The minimum absolute atomic E-state index is 0.267. The lowest BCUT2D eigenvalue weighted by atomic mass is 10.1. The summed E-state index contributed by atoms with van der Waals surface area (Å²) in [5.74, 6) is -0.267. The molecule has 3 amide bonds. The molecule has 0 saturated carbocycles.